The smallest absolute Gasteiger partial charge is 0.251 e. The Morgan fingerprint density at radius 1 is 0.551 bits per heavy atom. The topological polar surface area (TPSA) is 294 Å². The number of ether oxygens (including phenoxy) is 2. The van der Waals surface area contributed by atoms with Crippen LogP contribution in [-0.2, 0) is 67.0 Å². The molecule has 1 aliphatic heterocycles. The Bertz CT molecular complexity index is 2480. The van der Waals surface area contributed by atoms with Gasteiger partial charge >= 0.3 is 0 Å². The molecule has 11 amide bonds. The number of nitrogens with zero attached hydrogens (tertiary/aromatic N) is 7. The van der Waals surface area contributed by atoms with Gasteiger partial charge in [0.05, 0.1) is 12.1 Å². The first-order valence-corrected chi connectivity index (χ1v) is 31.4. The van der Waals surface area contributed by atoms with E-state index in [4.69, 9.17) is 9.47 Å². The summed E-state index contributed by atoms with van der Waals surface area (Å²) in [5.41, 5.74) is -1.13. The molecule has 25 heteroatoms. The van der Waals surface area contributed by atoms with E-state index < -0.39 is 161 Å². The third-order valence-corrected chi connectivity index (χ3v) is 16.4. The zero-order valence-corrected chi connectivity index (χ0v) is 58.4. The van der Waals surface area contributed by atoms with E-state index in [1.54, 1.807) is 74.5 Å². The maximum Gasteiger partial charge on any atom is 0.251 e. The molecule has 1 saturated heterocycles. The highest BCUT2D eigenvalue weighted by atomic mass is 16.7. The van der Waals surface area contributed by atoms with Crippen molar-refractivity contribution in [2.75, 3.05) is 69.8 Å². The van der Waals surface area contributed by atoms with Crippen LogP contribution in [0.3, 0.4) is 0 Å². The molecule has 0 radical (unpaired) electrons. The van der Waals surface area contributed by atoms with Crippen molar-refractivity contribution in [3.63, 3.8) is 0 Å². The third-order valence-electron chi connectivity index (χ3n) is 16.4. The number of nitrogens with one attached hydrogen (secondary N) is 4. The Hall–Kier alpha value is -6.50. The highest BCUT2D eigenvalue weighted by Gasteiger charge is 2.46. The number of hydrogen-bond donors (Lipinski definition) is 4. The van der Waals surface area contributed by atoms with Crippen LogP contribution < -0.4 is 21.3 Å². The molecule has 0 saturated carbocycles. The molecule has 0 aromatic heterocycles. The summed E-state index contributed by atoms with van der Waals surface area (Å²) in [7, 11) is 11.1. The van der Waals surface area contributed by atoms with Crippen LogP contribution in [-0.4, -0.2) is 241 Å². The zero-order chi connectivity index (χ0) is 69.0. The molecule has 508 valence electrons. The van der Waals surface area contributed by atoms with Gasteiger partial charge in [-0.3, -0.25) is 57.5 Å². The van der Waals surface area contributed by atoms with Crippen molar-refractivity contribution in [2.24, 2.45) is 35.5 Å². The van der Waals surface area contributed by atoms with Crippen molar-refractivity contribution in [1.82, 2.24) is 55.6 Å². The number of amides is 11. The van der Waals surface area contributed by atoms with Crippen molar-refractivity contribution in [2.45, 2.75) is 222 Å². The van der Waals surface area contributed by atoms with Crippen molar-refractivity contribution < 1.29 is 67.0 Å². The summed E-state index contributed by atoms with van der Waals surface area (Å²) in [5.74, 6) is -11.3. The average molecular weight is 1260 g/mol. The standard InChI is InChI=1S/C64H113N11O14/c1-26-28-29-41(13)53(77)52-57(81)67-44(27-2)59(83)69(18)34-49(76)70(19)48(33-64(16,17)89-35-88-25)56(80)68-50(39(9)10)62(86)71(20)45(30-36(3)4)55(79)65-42(14)54(78)66-43(15)58(82)72(21)46(31-37(5)6)60(84)73(22)47(32-38(7)8)61(85)74(23)51(40(11)12)63(87)75(52)24/h26,28,36-48,50-52H,27,29-35H2,1-25H3,(H,65,79)(H,66,78)(H,67,81)(H,68,80)/t41-,42+,43-,44+,45+,46+,47+,48+,50+,51+,52+/m1/s1. The fourth-order valence-electron chi connectivity index (χ4n) is 10.8. The lowest BCUT2D eigenvalue weighted by Crippen LogP contribution is -2.63. The van der Waals surface area contributed by atoms with E-state index in [9.17, 15) is 47.9 Å². The van der Waals surface area contributed by atoms with E-state index in [0.29, 0.717) is 0 Å². The molecule has 1 heterocycles. The van der Waals surface area contributed by atoms with Gasteiger partial charge in [0.1, 0.15) is 61.2 Å². The number of likely N-dealkylation sites (N-methyl/N-ethyl adjacent to an activating group) is 7. The molecule has 11 atom stereocenters. The molecule has 0 aromatic carbocycles. The van der Waals surface area contributed by atoms with Gasteiger partial charge in [-0.1, -0.05) is 95.2 Å². The molecule has 89 heavy (non-hydrogen) atoms. The third kappa shape index (κ3) is 23.0. The zero-order valence-electron chi connectivity index (χ0n) is 58.4. The Morgan fingerprint density at radius 2 is 1.02 bits per heavy atom. The lowest BCUT2D eigenvalue weighted by Gasteiger charge is -2.40. The van der Waals surface area contributed by atoms with Gasteiger partial charge in [0.25, 0.3) is 5.91 Å². The molecule has 1 aliphatic rings. The summed E-state index contributed by atoms with van der Waals surface area (Å²) in [5, 5.41) is 10.9. The van der Waals surface area contributed by atoms with Crippen LogP contribution in [0, 0.1) is 35.5 Å². The summed E-state index contributed by atoms with van der Waals surface area (Å²) < 4.78 is 11.1. The van der Waals surface area contributed by atoms with Gasteiger partial charge in [0, 0.05) is 68.8 Å². The maximum absolute atomic E-state index is 15.1. The van der Waals surface area contributed by atoms with Crippen LogP contribution in [0.4, 0.5) is 0 Å². The van der Waals surface area contributed by atoms with Gasteiger partial charge in [0.15, 0.2) is 11.8 Å². The van der Waals surface area contributed by atoms with Crippen molar-refractivity contribution >= 4 is 70.8 Å². The summed E-state index contributed by atoms with van der Waals surface area (Å²) in [6.45, 7) is 28.3. The van der Waals surface area contributed by atoms with Crippen LogP contribution in [0.1, 0.15) is 156 Å². The van der Waals surface area contributed by atoms with E-state index in [-0.39, 0.29) is 63.1 Å². The van der Waals surface area contributed by atoms with E-state index in [0.717, 1.165) is 14.7 Å². The molecule has 1 fully saturated rings. The molecule has 0 bridgehead atoms. The second kappa shape index (κ2) is 36.4. The van der Waals surface area contributed by atoms with E-state index in [1.165, 1.54) is 89.9 Å². The van der Waals surface area contributed by atoms with Crippen molar-refractivity contribution in [3.8, 4) is 0 Å². The average Bonchev–Trinajstić information content (AvgIpc) is 3.31. The quantitative estimate of drug-likeness (QED) is 0.0871. The number of ketones is 1. The fraction of sp³-hybridized carbons (Fsp3) is 0.781. The summed E-state index contributed by atoms with van der Waals surface area (Å²) in [6, 6.07) is -13.1. The van der Waals surface area contributed by atoms with Gasteiger partial charge in [-0.15, -0.1) is 0 Å². The number of hydrogen-bond acceptors (Lipinski definition) is 14. The minimum atomic E-state index is -1.83. The van der Waals surface area contributed by atoms with Gasteiger partial charge < -0.3 is 65.0 Å². The largest absolute Gasteiger partial charge is 0.359 e. The number of carbonyl (C=O) groups is 12. The van der Waals surface area contributed by atoms with Crippen LogP contribution in [0.15, 0.2) is 12.2 Å². The predicted molar refractivity (Wildman–Crippen MR) is 340 cm³/mol. The van der Waals surface area contributed by atoms with Gasteiger partial charge in [-0.05, 0) is 96.3 Å². The molecular formula is C64H113N11O14. The molecule has 0 unspecified atom stereocenters. The molecule has 25 nitrogen and oxygen atoms in total. The summed E-state index contributed by atoms with van der Waals surface area (Å²) in [6.07, 6.45) is 3.88. The van der Waals surface area contributed by atoms with Gasteiger partial charge in [-0.2, -0.15) is 0 Å². The summed E-state index contributed by atoms with van der Waals surface area (Å²) in [4.78, 5) is 184. The second-order valence-electron chi connectivity index (χ2n) is 26.8. The molecule has 0 aliphatic carbocycles. The number of methoxy groups -OCH3 is 1. The lowest BCUT2D eigenvalue weighted by molar-refractivity contribution is -0.157. The highest BCUT2D eigenvalue weighted by molar-refractivity contribution is 6.10. The van der Waals surface area contributed by atoms with Gasteiger partial charge in [-0.25, -0.2) is 0 Å². The molecule has 4 N–H and O–H groups in total. The minimum Gasteiger partial charge on any atom is -0.359 e. The summed E-state index contributed by atoms with van der Waals surface area (Å²) >= 11 is 0. The van der Waals surface area contributed by atoms with E-state index >= 15 is 9.59 Å². The van der Waals surface area contributed by atoms with E-state index in [2.05, 4.69) is 21.3 Å². The molecular weight excluding hydrogens is 1150 g/mol. The number of rotatable bonds is 18. The number of Topliss-reactive ketones (excluding diaryl/α,β-unsaturated/α-hetero) is 1. The number of carbonyl (C=O) groups excluding carboxylic acids is 12. The molecule has 1 rings (SSSR count). The molecule has 0 spiro atoms. The first-order chi connectivity index (χ1) is 41.1. The van der Waals surface area contributed by atoms with Crippen molar-refractivity contribution in [3.05, 3.63) is 12.2 Å². The lowest BCUT2D eigenvalue weighted by atomic mass is 9.92. The van der Waals surface area contributed by atoms with Crippen molar-refractivity contribution in [1.29, 1.82) is 0 Å². The Balaban J connectivity index is 4.41. The Labute approximate surface area is 531 Å². The predicted octanol–water partition coefficient (Wildman–Crippen LogP) is 3.22. The SMILES string of the molecule is CC=CC[C@@H](C)C(=O)[C@H]1C(=O)N[C@@H](CC)C(=O)N(C)CC(=O)N(C)[C@@H](CC(C)(C)OCOC)C(=O)N[C@@H](C(C)C)C(=O)N(C)[C@@H](CC(C)C)C(=O)N[C@@H](C)C(=O)N[C@H](C)C(=O)N(C)[C@@H](CC(C)C)C(=O)N(C)[C@@H](CC(C)C)C(=O)N(C)[C@@H](C(C)C)C(=O)N1C. The fourth-order valence-corrected chi connectivity index (χ4v) is 10.8. The first kappa shape index (κ1) is 80.5. The molecule has 0 aromatic rings. The normalized spacial score (nSPS) is 26.0. The maximum atomic E-state index is 15.1. The minimum absolute atomic E-state index is 0.0369. The van der Waals surface area contributed by atoms with Crippen LogP contribution in [0.2, 0.25) is 0 Å². The number of allylic oxidation sites excluding steroid dienone is 2. The monoisotopic (exact) mass is 1260 g/mol. The Morgan fingerprint density at radius 3 is 1.49 bits per heavy atom. The highest BCUT2D eigenvalue weighted by Crippen LogP contribution is 2.26. The van der Waals surface area contributed by atoms with Crippen LogP contribution in [0.25, 0.3) is 0 Å². The van der Waals surface area contributed by atoms with Gasteiger partial charge in [0.2, 0.25) is 59.1 Å². The first-order valence-electron chi connectivity index (χ1n) is 31.4. The Kier molecular flexibility index (Phi) is 32.9. The van der Waals surface area contributed by atoms with Crippen LogP contribution in [0.5, 0.6) is 0 Å². The van der Waals surface area contributed by atoms with Crippen LogP contribution >= 0.6 is 0 Å². The van der Waals surface area contributed by atoms with E-state index in [1.807, 2.05) is 41.5 Å². The second-order valence-corrected chi connectivity index (χ2v) is 26.8.